The average Bonchev–Trinajstić information content (AvgIpc) is 2.87. The van der Waals surface area contributed by atoms with Gasteiger partial charge in [0.25, 0.3) is 10.0 Å². The van der Waals surface area contributed by atoms with Crippen LogP contribution in [0.3, 0.4) is 0 Å². The molecule has 11 heteroatoms. The van der Waals surface area contributed by atoms with Gasteiger partial charge >= 0.3 is 0 Å². The Morgan fingerprint density at radius 2 is 1.53 bits per heavy atom. The number of carbonyl (C=O) groups excluding carboxylic acids is 2. The molecule has 0 fully saturated rings. The number of sulfonamides is 1. The molecule has 0 spiro atoms. The number of halogens is 3. The molecule has 0 heterocycles. The number of hydrogen-bond donors (Lipinski definition) is 1. The van der Waals surface area contributed by atoms with E-state index in [0.717, 1.165) is 9.87 Å². The molecule has 0 aliphatic carbocycles. The van der Waals surface area contributed by atoms with Gasteiger partial charge in [-0.05, 0) is 68.3 Å². The van der Waals surface area contributed by atoms with Crippen LogP contribution in [0.25, 0.3) is 0 Å². The summed E-state index contributed by atoms with van der Waals surface area (Å²) in [6.07, 6.45) is 0. The van der Waals surface area contributed by atoms with E-state index in [9.17, 15) is 18.0 Å². The van der Waals surface area contributed by atoms with Crippen LogP contribution < -0.4 is 9.62 Å². The molecule has 202 valence electrons. The van der Waals surface area contributed by atoms with Gasteiger partial charge in [0, 0.05) is 28.7 Å². The van der Waals surface area contributed by atoms with Gasteiger partial charge in [0.2, 0.25) is 11.8 Å². The molecule has 0 aromatic heterocycles. The number of rotatable bonds is 9. The summed E-state index contributed by atoms with van der Waals surface area (Å²) in [6, 6.07) is 15.0. The number of amides is 2. The van der Waals surface area contributed by atoms with E-state index in [1.807, 2.05) is 6.92 Å². The summed E-state index contributed by atoms with van der Waals surface area (Å²) in [5, 5.41) is 3.58. The number of aryl methyl sites for hydroxylation is 2. The van der Waals surface area contributed by atoms with Gasteiger partial charge in [-0.3, -0.25) is 13.9 Å². The first-order valence-corrected chi connectivity index (χ1v) is 14.2. The molecule has 0 bridgehead atoms. The number of benzene rings is 3. The maximum absolute atomic E-state index is 13.9. The highest BCUT2D eigenvalue weighted by Crippen LogP contribution is 2.30. The van der Waals surface area contributed by atoms with Crippen LogP contribution in [0.4, 0.5) is 5.69 Å². The van der Waals surface area contributed by atoms with Crippen LogP contribution >= 0.6 is 34.8 Å². The predicted octanol–water partition coefficient (Wildman–Crippen LogP) is 5.62. The van der Waals surface area contributed by atoms with Crippen molar-refractivity contribution in [1.29, 1.82) is 0 Å². The van der Waals surface area contributed by atoms with Gasteiger partial charge in [0.1, 0.15) is 12.6 Å². The minimum Gasteiger partial charge on any atom is -0.357 e. The second-order valence-corrected chi connectivity index (χ2v) is 11.9. The molecular formula is C27H28Cl3N3O4S. The Morgan fingerprint density at radius 3 is 2.13 bits per heavy atom. The Morgan fingerprint density at radius 1 is 0.921 bits per heavy atom. The molecule has 0 unspecified atom stereocenters. The molecule has 0 saturated heterocycles. The normalized spacial score (nSPS) is 12.1. The molecule has 0 saturated carbocycles. The largest absolute Gasteiger partial charge is 0.357 e. The quantitative estimate of drug-likeness (QED) is 0.347. The lowest BCUT2D eigenvalue weighted by Crippen LogP contribution is -2.50. The first kappa shape index (κ1) is 29.8. The van der Waals surface area contributed by atoms with Crippen molar-refractivity contribution in [3.05, 3.63) is 92.4 Å². The first-order valence-electron chi connectivity index (χ1n) is 11.7. The Hall–Kier alpha value is -2.78. The third-order valence-electron chi connectivity index (χ3n) is 6.10. The van der Waals surface area contributed by atoms with Crippen LogP contribution in [0.5, 0.6) is 0 Å². The maximum Gasteiger partial charge on any atom is 0.264 e. The summed E-state index contributed by atoms with van der Waals surface area (Å²) in [7, 11) is -2.74. The van der Waals surface area contributed by atoms with Crippen LogP contribution in [0.15, 0.2) is 65.6 Å². The van der Waals surface area contributed by atoms with Gasteiger partial charge in [-0.1, -0.05) is 64.6 Å². The van der Waals surface area contributed by atoms with Gasteiger partial charge in [-0.2, -0.15) is 0 Å². The zero-order valence-electron chi connectivity index (χ0n) is 21.3. The molecule has 0 aliphatic rings. The van der Waals surface area contributed by atoms with Crippen molar-refractivity contribution in [2.45, 2.75) is 38.3 Å². The Labute approximate surface area is 238 Å². The zero-order chi connectivity index (χ0) is 28.2. The SMILES string of the molecule is CNC(=O)[C@@H](C)N(Cc1ccc(Cl)cc1Cl)C(=O)CN(c1cc(Cl)ccc1C)S(=O)(=O)c1ccc(C)cc1. The van der Waals surface area contributed by atoms with E-state index in [4.69, 9.17) is 34.8 Å². The van der Waals surface area contributed by atoms with Crippen molar-refractivity contribution in [3.63, 3.8) is 0 Å². The predicted molar refractivity (Wildman–Crippen MR) is 152 cm³/mol. The third kappa shape index (κ3) is 6.80. The van der Waals surface area contributed by atoms with Crippen molar-refractivity contribution in [2.75, 3.05) is 17.9 Å². The van der Waals surface area contributed by atoms with E-state index < -0.39 is 34.4 Å². The van der Waals surface area contributed by atoms with Gasteiger partial charge < -0.3 is 10.2 Å². The van der Waals surface area contributed by atoms with E-state index in [0.29, 0.717) is 26.2 Å². The molecule has 3 aromatic carbocycles. The lowest BCUT2D eigenvalue weighted by atomic mass is 10.1. The van der Waals surface area contributed by atoms with Gasteiger partial charge in [-0.15, -0.1) is 0 Å². The topological polar surface area (TPSA) is 86.8 Å². The van der Waals surface area contributed by atoms with Crippen LogP contribution in [-0.4, -0.2) is 44.8 Å². The zero-order valence-corrected chi connectivity index (χ0v) is 24.4. The standard InChI is InChI=1S/C27H28Cl3N3O4S/c1-17-5-11-23(12-6-17)38(36,37)33(25-14-22(29)9-7-18(25)2)16-26(34)32(19(3)27(35)31-4)15-20-8-10-21(28)13-24(20)30/h5-14,19H,15-16H2,1-4H3,(H,31,35)/t19-/m1/s1. The molecule has 0 radical (unpaired) electrons. The number of anilines is 1. The molecule has 1 N–H and O–H groups in total. The monoisotopic (exact) mass is 595 g/mol. The number of likely N-dealkylation sites (N-methyl/N-ethyl adjacent to an activating group) is 1. The summed E-state index contributed by atoms with van der Waals surface area (Å²) in [5.74, 6) is -1.03. The highest BCUT2D eigenvalue weighted by Gasteiger charge is 2.33. The fourth-order valence-corrected chi connectivity index (χ4v) is 5.93. The highest BCUT2D eigenvalue weighted by atomic mass is 35.5. The molecule has 38 heavy (non-hydrogen) atoms. The summed E-state index contributed by atoms with van der Waals surface area (Å²) >= 11 is 18.6. The minimum absolute atomic E-state index is 0.0157. The molecule has 2 amide bonds. The van der Waals surface area contributed by atoms with Crippen LogP contribution in [0.1, 0.15) is 23.6 Å². The van der Waals surface area contributed by atoms with E-state index in [1.54, 1.807) is 50.2 Å². The summed E-state index contributed by atoms with van der Waals surface area (Å²) in [6.45, 7) is 4.51. The van der Waals surface area contributed by atoms with Crippen molar-refractivity contribution in [1.82, 2.24) is 10.2 Å². The van der Waals surface area contributed by atoms with Gasteiger partial charge in [0.15, 0.2) is 0 Å². The van der Waals surface area contributed by atoms with Crippen molar-refractivity contribution >= 4 is 62.3 Å². The third-order valence-corrected chi connectivity index (χ3v) is 8.69. The maximum atomic E-state index is 13.9. The second kappa shape index (κ2) is 12.4. The Balaban J connectivity index is 2.09. The summed E-state index contributed by atoms with van der Waals surface area (Å²) in [4.78, 5) is 27.7. The molecule has 3 rings (SSSR count). The smallest absolute Gasteiger partial charge is 0.264 e. The number of nitrogens with one attached hydrogen (secondary N) is 1. The Kier molecular flexibility index (Phi) is 9.70. The summed E-state index contributed by atoms with van der Waals surface area (Å²) in [5.41, 5.74) is 2.29. The number of carbonyl (C=O) groups is 2. The summed E-state index contributed by atoms with van der Waals surface area (Å²) < 4.78 is 28.8. The molecule has 0 aliphatic heterocycles. The highest BCUT2D eigenvalue weighted by molar-refractivity contribution is 7.92. The van der Waals surface area contributed by atoms with E-state index in [-0.39, 0.29) is 17.1 Å². The average molecular weight is 597 g/mol. The molecular weight excluding hydrogens is 569 g/mol. The fraction of sp³-hybridized carbons (Fsp3) is 0.259. The molecule has 7 nitrogen and oxygen atoms in total. The minimum atomic E-state index is -4.19. The van der Waals surface area contributed by atoms with E-state index in [1.165, 1.54) is 36.2 Å². The van der Waals surface area contributed by atoms with E-state index in [2.05, 4.69) is 5.32 Å². The van der Waals surface area contributed by atoms with Crippen LogP contribution in [0, 0.1) is 13.8 Å². The van der Waals surface area contributed by atoms with Crippen molar-refractivity contribution in [2.24, 2.45) is 0 Å². The van der Waals surface area contributed by atoms with Crippen molar-refractivity contribution in [3.8, 4) is 0 Å². The van der Waals surface area contributed by atoms with Gasteiger partial charge in [0.05, 0.1) is 10.6 Å². The van der Waals surface area contributed by atoms with Crippen molar-refractivity contribution < 1.29 is 18.0 Å². The van der Waals surface area contributed by atoms with Crippen LogP contribution in [0.2, 0.25) is 15.1 Å². The molecule has 3 aromatic rings. The lowest BCUT2D eigenvalue weighted by molar-refractivity contribution is -0.139. The second-order valence-electron chi connectivity index (χ2n) is 8.80. The number of nitrogens with zero attached hydrogens (tertiary/aromatic N) is 2. The van der Waals surface area contributed by atoms with Crippen LogP contribution in [-0.2, 0) is 26.2 Å². The molecule has 1 atom stereocenters. The first-order chi connectivity index (χ1) is 17.8. The Bertz CT molecular complexity index is 1450. The van der Waals surface area contributed by atoms with Gasteiger partial charge in [-0.25, -0.2) is 8.42 Å². The number of hydrogen-bond acceptors (Lipinski definition) is 4. The lowest BCUT2D eigenvalue weighted by Gasteiger charge is -2.32. The van der Waals surface area contributed by atoms with E-state index >= 15 is 0 Å². The fourth-order valence-electron chi connectivity index (χ4n) is 3.83.